The highest BCUT2D eigenvalue weighted by atomic mass is 35.5. The Hall–Kier alpha value is -0.900. The summed E-state index contributed by atoms with van der Waals surface area (Å²) in [5, 5.41) is 7.51. The van der Waals surface area contributed by atoms with Crippen molar-refractivity contribution in [2.24, 2.45) is 11.3 Å². The van der Waals surface area contributed by atoms with Gasteiger partial charge in [-0.3, -0.25) is 4.79 Å². The lowest BCUT2D eigenvalue weighted by molar-refractivity contribution is -0.132. The highest BCUT2D eigenvalue weighted by Gasteiger charge is 2.47. The van der Waals surface area contributed by atoms with Gasteiger partial charge >= 0.3 is 0 Å². The quantitative estimate of drug-likeness (QED) is 0.902. The summed E-state index contributed by atoms with van der Waals surface area (Å²) in [6.07, 6.45) is 1.95. The first-order chi connectivity index (χ1) is 10.1. The molecule has 4 heteroatoms. The first-order valence-electron chi connectivity index (χ1n) is 7.82. The number of nitrogens with one attached hydrogen (secondary N) is 2. The van der Waals surface area contributed by atoms with Crippen LogP contribution in [0.4, 0.5) is 0 Å². The van der Waals surface area contributed by atoms with Crippen LogP contribution in [0.2, 0.25) is 5.02 Å². The van der Waals surface area contributed by atoms with E-state index in [1.54, 1.807) is 0 Å². The molecule has 0 aliphatic carbocycles. The summed E-state index contributed by atoms with van der Waals surface area (Å²) in [5.74, 6) is 0.900. The molecule has 0 spiro atoms. The smallest absolute Gasteiger partial charge is 0.143 e. The summed E-state index contributed by atoms with van der Waals surface area (Å²) in [4.78, 5) is 13.1. The lowest BCUT2D eigenvalue weighted by atomic mass is 9.68. The number of rotatable bonds is 3. The summed E-state index contributed by atoms with van der Waals surface area (Å²) in [7, 11) is 0. The molecule has 0 saturated carbocycles. The summed E-state index contributed by atoms with van der Waals surface area (Å²) >= 11 is 5.98. The van der Waals surface area contributed by atoms with Gasteiger partial charge in [0, 0.05) is 35.4 Å². The maximum Gasteiger partial charge on any atom is 0.143 e. The molecule has 1 aromatic carbocycles. The van der Waals surface area contributed by atoms with Crippen LogP contribution in [0, 0.1) is 11.3 Å². The molecular weight excluding hydrogens is 284 g/mol. The topological polar surface area (TPSA) is 41.1 Å². The van der Waals surface area contributed by atoms with Crippen molar-refractivity contribution in [2.75, 3.05) is 26.2 Å². The average Bonchev–Trinajstić information content (AvgIpc) is 2.91. The lowest BCUT2D eigenvalue weighted by Gasteiger charge is -2.34. The molecule has 2 heterocycles. The van der Waals surface area contributed by atoms with Gasteiger partial charge in [-0.05, 0) is 43.6 Å². The van der Waals surface area contributed by atoms with Crippen LogP contribution in [0.5, 0.6) is 0 Å². The molecule has 2 aliphatic heterocycles. The second-order valence-electron chi connectivity index (χ2n) is 6.54. The van der Waals surface area contributed by atoms with Gasteiger partial charge in [0.1, 0.15) is 5.78 Å². The SMILES string of the molecule is C[C@@]1(C(=O)C2CCNCC2)CNC[C@@H]1c1ccc(Cl)cc1. The zero-order valence-electron chi connectivity index (χ0n) is 12.5. The van der Waals surface area contributed by atoms with Crippen molar-refractivity contribution in [1.82, 2.24) is 10.6 Å². The van der Waals surface area contributed by atoms with E-state index in [1.807, 2.05) is 12.1 Å². The zero-order valence-corrected chi connectivity index (χ0v) is 13.2. The second-order valence-corrected chi connectivity index (χ2v) is 6.98. The van der Waals surface area contributed by atoms with E-state index in [0.717, 1.165) is 44.0 Å². The number of benzene rings is 1. The molecule has 0 unspecified atom stereocenters. The minimum absolute atomic E-state index is 0.214. The van der Waals surface area contributed by atoms with Crippen LogP contribution in [0.1, 0.15) is 31.2 Å². The standard InChI is InChI=1S/C17H23ClN2O/c1-17(16(21)13-6-8-19-9-7-13)11-20-10-15(17)12-2-4-14(18)5-3-12/h2-5,13,15,19-20H,6-11H2,1H3/t15-,17-/m1/s1. The predicted molar refractivity (Wildman–Crippen MR) is 85.8 cm³/mol. The average molecular weight is 307 g/mol. The fraction of sp³-hybridized carbons (Fsp3) is 0.588. The number of carbonyl (C=O) groups is 1. The minimum Gasteiger partial charge on any atom is -0.317 e. The summed E-state index contributed by atoms with van der Waals surface area (Å²) < 4.78 is 0. The largest absolute Gasteiger partial charge is 0.317 e. The number of hydrogen-bond acceptors (Lipinski definition) is 3. The van der Waals surface area contributed by atoms with Crippen molar-refractivity contribution < 1.29 is 4.79 Å². The number of hydrogen-bond donors (Lipinski definition) is 2. The Morgan fingerprint density at radius 1 is 1.19 bits per heavy atom. The third-order valence-corrected chi connectivity index (χ3v) is 5.41. The van der Waals surface area contributed by atoms with E-state index in [2.05, 4.69) is 29.7 Å². The highest BCUT2D eigenvalue weighted by Crippen LogP contribution is 2.42. The van der Waals surface area contributed by atoms with Gasteiger partial charge in [0.05, 0.1) is 0 Å². The summed E-state index contributed by atoms with van der Waals surface area (Å²) in [6.45, 7) is 5.71. The molecule has 3 rings (SSSR count). The molecule has 2 N–H and O–H groups in total. The van der Waals surface area contributed by atoms with Crippen LogP contribution in [-0.2, 0) is 4.79 Å². The molecule has 2 fully saturated rings. The van der Waals surface area contributed by atoms with Crippen LogP contribution in [0.3, 0.4) is 0 Å². The Bertz CT molecular complexity index is 510. The first kappa shape index (κ1) is 15.0. The van der Waals surface area contributed by atoms with Crippen molar-refractivity contribution in [3.8, 4) is 0 Å². The monoisotopic (exact) mass is 306 g/mol. The van der Waals surface area contributed by atoms with Gasteiger partial charge in [-0.2, -0.15) is 0 Å². The maximum atomic E-state index is 13.1. The Morgan fingerprint density at radius 3 is 2.52 bits per heavy atom. The van der Waals surface area contributed by atoms with E-state index in [9.17, 15) is 4.79 Å². The Kier molecular flexibility index (Phi) is 4.34. The fourth-order valence-corrected chi connectivity index (χ4v) is 3.94. The van der Waals surface area contributed by atoms with E-state index < -0.39 is 0 Å². The third kappa shape index (κ3) is 2.87. The van der Waals surface area contributed by atoms with Gasteiger partial charge in [0.15, 0.2) is 0 Å². The van der Waals surface area contributed by atoms with E-state index in [4.69, 9.17) is 11.6 Å². The summed E-state index contributed by atoms with van der Waals surface area (Å²) in [6, 6.07) is 7.97. The Balaban J connectivity index is 1.83. The van der Waals surface area contributed by atoms with Crippen LogP contribution in [0.25, 0.3) is 0 Å². The van der Waals surface area contributed by atoms with E-state index in [1.165, 1.54) is 5.56 Å². The van der Waals surface area contributed by atoms with Crippen molar-refractivity contribution in [3.05, 3.63) is 34.9 Å². The Labute approximate surface area is 131 Å². The van der Waals surface area contributed by atoms with Gasteiger partial charge < -0.3 is 10.6 Å². The lowest BCUT2D eigenvalue weighted by Crippen LogP contribution is -2.42. The van der Waals surface area contributed by atoms with Gasteiger partial charge in [0.25, 0.3) is 0 Å². The molecule has 0 aromatic heterocycles. The molecular formula is C17H23ClN2O. The normalized spacial score (nSPS) is 30.5. The predicted octanol–water partition coefficient (Wildman–Crippen LogP) is 2.60. The molecule has 2 saturated heterocycles. The Morgan fingerprint density at radius 2 is 1.86 bits per heavy atom. The van der Waals surface area contributed by atoms with Crippen LogP contribution in [-0.4, -0.2) is 32.0 Å². The maximum absolute atomic E-state index is 13.1. The number of carbonyl (C=O) groups excluding carboxylic acids is 1. The molecule has 114 valence electrons. The van der Waals surface area contributed by atoms with Crippen LogP contribution < -0.4 is 10.6 Å². The molecule has 1 aromatic rings. The third-order valence-electron chi connectivity index (χ3n) is 5.15. The van der Waals surface area contributed by atoms with Crippen molar-refractivity contribution >= 4 is 17.4 Å². The van der Waals surface area contributed by atoms with Crippen molar-refractivity contribution in [1.29, 1.82) is 0 Å². The second kappa shape index (κ2) is 6.07. The number of Topliss-reactive ketones (excluding diaryl/α,β-unsaturated/α-hetero) is 1. The van der Waals surface area contributed by atoms with Crippen molar-refractivity contribution in [2.45, 2.75) is 25.7 Å². The molecule has 0 radical (unpaired) electrons. The van der Waals surface area contributed by atoms with E-state index >= 15 is 0 Å². The zero-order chi connectivity index (χ0) is 14.9. The number of halogens is 1. The molecule has 2 atom stereocenters. The van der Waals surface area contributed by atoms with Gasteiger partial charge in [-0.1, -0.05) is 30.7 Å². The van der Waals surface area contributed by atoms with Gasteiger partial charge in [-0.15, -0.1) is 0 Å². The molecule has 2 aliphatic rings. The highest BCUT2D eigenvalue weighted by molar-refractivity contribution is 6.30. The molecule has 3 nitrogen and oxygen atoms in total. The summed E-state index contributed by atoms with van der Waals surface area (Å²) in [5.41, 5.74) is 0.921. The van der Waals surface area contributed by atoms with Crippen LogP contribution >= 0.6 is 11.6 Å². The molecule has 0 amide bonds. The van der Waals surface area contributed by atoms with Crippen molar-refractivity contribution in [3.63, 3.8) is 0 Å². The first-order valence-corrected chi connectivity index (χ1v) is 8.20. The van der Waals surface area contributed by atoms with Crippen LogP contribution in [0.15, 0.2) is 24.3 Å². The van der Waals surface area contributed by atoms with E-state index in [-0.39, 0.29) is 17.3 Å². The number of ketones is 1. The minimum atomic E-state index is -0.296. The van der Waals surface area contributed by atoms with E-state index in [0.29, 0.717) is 5.78 Å². The molecule has 0 bridgehead atoms. The fourth-order valence-electron chi connectivity index (χ4n) is 3.81. The molecule has 21 heavy (non-hydrogen) atoms. The van der Waals surface area contributed by atoms with Gasteiger partial charge in [-0.25, -0.2) is 0 Å². The van der Waals surface area contributed by atoms with Gasteiger partial charge in [0.2, 0.25) is 0 Å². The number of piperidine rings is 1.